The van der Waals surface area contributed by atoms with Crippen molar-refractivity contribution in [1.29, 1.82) is 0 Å². The van der Waals surface area contributed by atoms with E-state index >= 15 is 0 Å². The number of aryl methyl sites for hydroxylation is 1. The molecule has 160 valence electrons. The smallest absolute Gasteiger partial charge is 0.264 e. The molecule has 1 N–H and O–H groups in total. The Morgan fingerprint density at radius 3 is 2.35 bits per heavy atom. The number of carbonyl (C=O) groups is 1. The number of benzene rings is 3. The number of para-hydroxylation sites is 1. The minimum Gasteiger partial charge on any atom is -0.271 e. The van der Waals surface area contributed by atoms with Crippen LogP contribution < -0.4 is 9.73 Å². The number of sulfonamides is 1. The molecular weight excluding hydrogens is 502 g/mol. The Hall–Kier alpha value is -2.68. The number of carbonyl (C=O) groups excluding carboxylic acids is 1. The third-order valence-electron chi connectivity index (χ3n) is 4.29. The van der Waals surface area contributed by atoms with Gasteiger partial charge in [0.2, 0.25) is 0 Å². The normalized spacial score (nSPS) is 11.5. The quantitative estimate of drug-likeness (QED) is 0.360. The zero-order valence-corrected chi connectivity index (χ0v) is 19.7. The highest BCUT2D eigenvalue weighted by atomic mass is 79.9. The van der Waals surface area contributed by atoms with Crippen LogP contribution in [0.25, 0.3) is 0 Å². The van der Waals surface area contributed by atoms with Crippen molar-refractivity contribution in [3.63, 3.8) is 0 Å². The minimum absolute atomic E-state index is 0.0594. The predicted molar refractivity (Wildman–Crippen MR) is 127 cm³/mol. The topological polar surface area (TPSA) is 78.8 Å². The fourth-order valence-electron chi connectivity index (χ4n) is 2.68. The molecule has 6 nitrogen and oxygen atoms in total. The Labute approximate surface area is 194 Å². The minimum atomic E-state index is -4.04. The maximum Gasteiger partial charge on any atom is 0.264 e. The Morgan fingerprint density at radius 1 is 1.06 bits per heavy atom. The van der Waals surface area contributed by atoms with Gasteiger partial charge in [-0.1, -0.05) is 69.5 Å². The van der Waals surface area contributed by atoms with E-state index in [1.165, 1.54) is 18.3 Å². The van der Waals surface area contributed by atoms with Crippen LogP contribution in [0.5, 0.6) is 0 Å². The van der Waals surface area contributed by atoms with Crippen molar-refractivity contribution < 1.29 is 13.2 Å². The summed E-state index contributed by atoms with van der Waals surface area (Å²) in [5.74, 6) is -0.607. The van der Waals surface area contributed by atoms with E-state index < -0.39 is 22.5 Å². The Morgan fingerprint density at radius 2 is 1.71 bits per heavy atom. The van der Waals surface area contributed by atoms with Gasteiger partial charge in [-0.05, 0) is 48.9 Å². The molecule has 0 saturated carbocycles. The van der Waals surface area contributed by atoms with Crippen molar-refractivity contribution >= 4 is 55.4 Å². The van der Waals surface area contributed by atoms with Crippen LogP contribution in [0.3, 0.4) is 0 Å². The summed E-state index contributed by atoms with van der Waals surface area (Å²) in [5, 5.41) is 4.12. The van der Waals surface area contributed by atoms with Crippen LogP contribution in [0.1, 0.15) is 11.1 Å². The van der Waals surface area contributed by atoms with Gasteiger partial charge in [-0.25, -0.2) is 13.8 Å². The van der Waals surface area contributed by atoms with Crippen LogP contribution in [0.2, 0.25) is 5.02 Å². The van der Waals surface area contributed by atoms with Crippen LogP contribution >= 0.6 is 27.5 Å². The first-order valence-corrected chi connectivity index (χ1v) is 11.8. The largest absolute Gasteiger partial charge is 0.271 e. The molecule has 0 radical (unpaired) electrons. The van der Waals surface area contributed by atoms with E-state index in [1.54, 1.807) is 36.4 Å². The molecular formula is C22H19BrClN3O3S. The van der Waals surface area contributed by atoms with Gasteiger partial charge < -0.3 is 0 Å². The van der Waals surface area contributed by atoms with Gasteiger partial charge in [0, 0.05) is 4.47 Å². The SMILES string of the molecule is Cc1ccc(S(=O)(=O)N(CC(=O)N/N=C\c2ccc(Br)cc2)c2ccccc2Cl)cc1. The highest BCUT2D eigenvalue weighted by Crippen LogP contribution is 2.30. The summed E-state index contributed by atoms with van der Waals surface area (Å²) in [6.45, 7) is 1.37. The van der Waals surface area contributed by atoms with Crippen LogP contribution in [0, 0.1) is 6.92 Å². The van der Waals surface area contributed by atoms with Gasteiger partial charge in [0.05, 0.1) is 21.8 Å². The van der Waals surface area contributed by atoms with Gasteiger partial charge in [-0.15, -0.1) is 0 Å². The number of hydrogen-bond donors (Lipinski definition) is 1. The number of halogens is 2. The van der Waals surface area contributed by atoms with Crippen molar-refractivity contribution in [1.82, 2.24) is 5.43 Å². The molecule has 0 saturated heterocycles. The Kier molecular flexibility index (Phi) is 7.48. The zero-order valence-electron chi connectivity index (χ0n) is 16.5. The third kappa shape index (κ3) is 5.94. The van der Waals surface area contributed by atoms with E-state index in [1.807, 2.05) is 31.2 Å². The fourth-order valence-corrected chi connectivity index (χ4v) is 4.68. The van der Waals surface area contributed by atoms with Crippen LogP contribution in [0.15, 0.2) is 87.3 Å². The number of amides is 1. The lowest BCUT2D eigenvalue weighted by molar-refractivity contribution is -0.119. The van der Waals surface area contributed by atoms with E-state index in [9.17, 15) is 13.2 Å². The molecule has 0 atom stereocenters. The highest BCUT2D eigenvalue weighted by Gasteiger charge is 2.28. The molecule has 1 amide bonds. The van der Waals surface area contributed by atoms with E-state index in [0.717, 1.165) is 19.9 Å². The van der Waals surface area contributed by atoms with Crippen LogP contribution in [-0.2, 0) is 14.8 Å². The van der Waals surface area contributed by atoms with Gasteiger partial charge in [-0.3, -0.25) is 9.10 Å². The van der Waals surface area contributed by atoms with E-state index in [0.29, 0.717) is 0 Å². The monoisotopic (exact) mass is 519 g/mol. The lowest BCUT2D eigenvalue weighted by Crippen LogP contribution is -2.39. The molecule has 31 heavy (non-hydrogen) atoms. The summed E-state index contributed by atoms with van der Waals surface area (Å²) in [5.41, 5.74) is 4.27. The van der Waals surface area contributed by atoms with Crippen molar-refractivity contribution in [2.45, 2.75) is 11.8 Å². The molecule has 0 unspecified atom stereocenters. The molecule has 0 bridgehead atoms. The number of nitrogens with zero attached hydrogens (tertiary/aromatic N) is 2. The molecule has 0 aliphatic heterocycles. The lowest BCUT2D eigenvalue weighted by Gasteiger charge is -2.24. The summed E-state index contributed by atoms with van der Waals surface area (Å²) in [4.78, 5) is 12.6. The van der Waals surface area contributed by atoms with Gasteiger partial charge in [-0.2, -0.15) is 5.10 Å². The zero-order chi connectivity index (χ0) is 22.4. The molecule has 0 aromatic heterocycles. The number of hydrazone groups is 1. The Balaban J connectivity index is 1.85. The van der Waals surface area contributed by atoms with Gasteiger partial charge in [0.25, 0.3) is 15.9 Å². The summed E-state index contributed by atoms with van der Waals surface area (Å²) in [6, 6.07) is 20.2. The third-order valence-corrected chi connectivity index (χ3v) is 6.91. The second-order valence-electron chi connectivity index (χ2n) is 6.62. The average molecular weight is 521 g/mol. The summed E-state index contributed by atoms with van der Waals surface area (Å²) in [7, 11) is -4.04. The highest BCUT2D eigenvalue weighted by molar-refractivity contribution is 9.10. The summed E-state index contributed by atoms with van der Waals surface area (Å²) in [6.07, 6.45) is 1.47. The molecule has 3 rings (SSSR count). The predicted octanol–water partition coefficient (Wildman–Crippen LogP) is 4.76. The summed E-state index contributed by atoms with van der Waals surface area (Å²) >= 11 is 9.59. The second-order valence-corrected chi connectivity index (χ2v) is 9.81. The number of anilines is 1. The molecule has 3 aromatic carbocycles. The summed E-state index contributed by atoms with van der Waals surface area (Å²) < 4.78 is 28.5. The van der Waals surface area contributed by atoms with E-state index in [2.05, 4.69) is 26.5 Å². The molecule has 0 aliphatic rings. The number of nitrogens with one attached hydrogen (secondary N) is 1. The molecule has 3 aromatic rings. The average Bonchev–Trinajstić information content (AvgIpc) is 2.74. The standard InChI is InChI=1S/C22H19BrClN3O3S/c1-16-6-12-19(13-7-16)31(29,30)27(21-5-3-2-4-20(21)24)15-22(28)26-25-14-17-8-10-18(23)11-9-17/h2-14H,15H2,1H3,(H,26,28)/b25-14-. The lowest BCUT2D eigenvalue weighted by atomic mass is 10.2. The van der Waals surface area contributed by atoms with Crippen LogP contribution in [-0.4, -0.2) is 27.1 Å². The number of rotatable bonds is 7. The molecule has 0 heterocycles. The Bertz CT molecular complexity index is 1200. The molecule has 0 spiro atoms. The first-order chi connectivity index (χ1) is 14.8. The molecule has 0 fully saturated rings. The first kappa shape index (κ1) is 23.0. The van der Waals surface area contributed by atoms with Crippen molar-refractivity contribution in [3.8, 4) is 0 Å². The van der Waals surface area contributed by atoms with Crippen molar-refractivity contribution in [2.24, 2.45) is 5.10 Å². The molecule has 9 heteroatoms. The fraction of sp³-hybridized carbons (Fsp3) is 0.0909. The first-order valence-electron chi connectivity index (χ1n) is 9.19. The van der Waals surface area contributed by atoms with Gasteiger partial charge in [0.1, 0.15) is 6.54 Å². The molecule has 0 aliphatic carbocycles. The number of hydrogen-bond acceptors (Lipinski definition) is 4. The van der Waals surface area contributed by atoms with Crippen LogP contribution in [0.4, 0.5) is 5.69 Å². The van der Waals surface area contributed by atoms with Gasteiger partial charge >= 0.3 is 0 Å². The van der Waals surface area contributed by atoms with Crippen molar-refractivity contribution in [2.75, 3.05) is 10.8 Å². The maximum atomic E-state index is 13.3. The van der Waals surface area contributed by atoms with Crippen molar-refractivity contribution in [3.05, 3.63) is 93.4 Å². The van der Waals surface area contributed by atoms with E-state index in [4.69, 9.17) is 11.6 Å². The van der Waals surface area contributed by atoms with Gasteiger partial charge in [0.15, 0.2) is 0 Å². The van der Waals surface area contributed by atoms with E-state index in [-0.39, 0.29) is 15.6 Å². The maximum absolute atomic E-state index is 13.3. The second kappa shape index (κ2) is 10.1.